The molecule has 0 saturated heterocycles. The Morgan fingerprint density at radius 2 is 1.60 bits per heavy atom. The predicted octanol–water partition coefficient (Wildman–Crippen LogP) is 4.01. The number of hydrogen-bond donors (Lipinski definition) is 1. The molecule has 1 heterocycles. The lowest BCUT2D eigenvalue weighted by Crippen LogP contribution is -2.47. The minimum atomic E-state index is -3.68. The van der Waals surface area contributed by atoms with Crippen LogP contribution in [0.1, 0.15) is 24.5 Å². The summed E-state index contributed by atoms with van der Waals surface area (Å²) in [6.45, 7) is 5.69. The zero-order valence-corrected chi connectivity index (χ0v) is 18.9. The molecule has 1 atom stereocenters. The normalized spacial score (nSPS) is 12.4. The average molecular weight is 445 g/mol. The van der Waals surface area contributed by atoms with Crippen LogP contribution in [0.25, 0.3) is 10.6 Å². The highest BCUT2D eigenvalue weighted by molar-refractivity contribution is 7.92. The molecule has 0 aliphatic carbocycles. The van der Waals surface area contributed by atoms with Gasteiger partial charge in [0.15, 0.2) is 0 Å². The molecule has 0 aliphatic rings. The van der Waals surface area contributed by atoms with Gasteiger partial charge in [-0.3, -0.25) is 14.4 Å². The molecular weight excluding hydrogens is 420 g/mol. The predicted molar refractivity (Wildman–Crippen MR) is 121 cm³/mol. The van der Waals surface area contributed by atoms with Gasteiger partial charge in [0.1, 0.15) is 11.0 Å². The van der Waals surface area contributed by atoms with Crippen molar-refractivity contribution in [3.05, 3.63) is 59.7 Å². The lowest BCUT2D eigenvalue weighted by molar-refractivity contribution is -0.117. The average Bonchev–Trinajstić information content (AvgIpc) is 3.15. The van der Waals surface area contributed by atoms with Crippen LogP contribution in [0.5, 0.6) is 0 Å². The molecule has 0 saturated carbocycles. The van der Waals surface area contributed by atoms with Crippen LogP contribution >= 0.6 is 11.3 Å². The maximum atomic E-state index is 13.0. The van der Waals surface area contributed by atoms with Crippen molar-refractivity contribution in [2.24, 2.45) is 0 Å². The molecule has 9 heteroatoms. The van der Waals surface area contributed by atoms with E-state index in [-0.39, 0.29) is 0 Å². The number of amides is 1. The van der Waals surface area contributed by atoms with Crippen LogP contribution in [0, 0.1) is 13.8 Å². The molecule has 1 amide bonds. The maximum absolute atomic E-state index is 13.0. The van der Waals surface area contributed by atoms with Gasteiger partial charge >= 0.3 is 0 Å². The van der Waals surface area contributed by atoms with E-state index in [1.54, 1.807) is 19.1 Å². The summed E-state index contributed by atoms with van der Waals surface area (Å²) in [7, 11) is -3.68. The largest absolute Gasteiger partial charge is 0.299 e. The Morgan fingerprint density at radius 3 is 2.13 bits per heavy atom. The molecule has 0 aliphatic heterocycles. The molecule has 0 bridgehead atoms. The fourth-order valence-electron chi connectivity index (χ4n) is 3.03. The SMILES string of the molecule is CC[C@H](C(=O)Nc1nnc(-c2ccc(C)cc2)s1)N(c1ccc(C)cc1)S(C)(=O)=O. The fraction of sp³-hybridized carbons (Fsp3) is 0.286. The summed E-state index contributed by atoms with van der Waals surface area (Å²) in [6.07, 6.45) is 1.40. The van der Waals surface area contributed by atoms with Crippen molar-refractivity contribution in [2.75, 3.05) is 15.9 Å². The van der Waals surface area contributed by atoms with E-state index in [2.05, 4.69) is 15.5 Å². The van der Waals surface area contributed by atoms with Crippen LogP contribution in [0.4, 0.5) is 10.8 Å². The number of aryl methyl sites for hydroxylation is 2. The first-order valence-corrected chi connectivity index (χ1v) is 12.1. The summed E-state index contributed by atoms with van der Waals surface area (Å²) in [4.78, 5) is 13.0. The number of carbonyl (C=O) groups excluding carboxylic acids is 1. The van der Waals surface area contributed by atoms with E-state index in [4.69, 9.17) is 0 Å². The topological polar surface area (TPSA) is 92.3 Å². The second-order valence-electron chi connectivity index (χ2n) is 7.09. The van der Waals surface area contributed by atoms with Gasteiger partial charge in [0, 0.05) is 5.56 Å². The molecule has 1 aromatic heterocycles. The molecule has 3 aromatic rings. The molecule has 0 spiro atoms. The number of carbonyl (C=O) groups is 1. The first-order chi connectivity index (χ1) is 14.2. The van der Waals surface area contributed by atoms with Crippen LogP contribution in [0.15, 0.2) is 48.5 Å². The molecule has 2 aromatic carbocycles. The zero-order chi connectivity index (χ0) is 21.9. The minimum Gasteiger partial charge on any atom is -0.299 e. The molecule has 1 N–H and O–H groups in total. The highest BCUT2D eigenvalue weighted by atomic mass is 32.2. The van der Waals surface area contributed by atoms with Crippen LogP contribution in [-0.2, 0) is 14.8 Å². The standard InChI is InChI=1S/C21H24N4O3S2/c1-5-18(25(30(4,27)28)17-12-8-15(3)9-13-17)19(26)22-21-24-23-20(29-21)16-10-6-14(2)7-11-16/h6-13,18H,5H2,1-4H3,(H,22,24,26)/t18-/m1/s1. The van der Waals surface area contributed by atoms with Crippen molar-refractivity contribution < 1.29 is 13.2 Å². The third-order valence-corrected chi connectivity index (χ3v) is 6.64. The van der Waals surface area contributed by atoms with Crippen molar-refractivity contribution >= 4 is 38.1 Å². The van der Waals surface area contributed by atoms with Gasteiger partial charge in [0.05, 0.1) is 11.9 Å². The van der Waals surface area contributed by atoms with Gasteiger partial charge in [-0.15, -0.1) is 10.2 Å². The quantitative estimate of drug-likeness (QED) is 0.594. The van der Waals surface area contributed by atoms with Gasteiger partial charge in [-0.2, -0.15) is 0 Å². The third-order valence-electron chi connectivity index (χ3n) is 4.57. The van der Waals surface area contributed by atoms with Crippen LogP contribution in [0.3, 0.4) is 0 Å². The Hall–Kier alpha value is -2.78. The monoisotopic (exact) mass is 444 g/mol. The van der Waals surface area contributed by atoms with Crippen LogP contribution < -0.4 is 9.62 Å². The van der Waals surface area contributed by atoms with E-state index in [9.17, 15) is 13.2 Å². The first kappa shape index (κ1) is 21.9. The van der Waals surface area contributed by atoms with Crippen molar-refractivity contribution in [1.29, 1.82) is 0 Å². The molecule has 7 nitrogen and oxygen atoms in total. The van der Waals surface area contributed by atoms with Gasteiger partial charge in [0.25, 0.3) is 0 Å². The minimum absolute atomic E-state index is 0.302. The first-order valence-electron chi connectivity index (χ1n) is 9.46. The highest BCUT2D eigenvalue weighted by Crippen LogP contribution is 2.28. The van der Waals surface area contributed by atoms with E-state index in [0.717, 1.165) is 27.3 Å². The highest BCUT2D eigenvalue weighted by Gasteiger charge is 2.32. The van der Waals surface area contributed by atoms with Gasteiger partial charge in [-0.25, -0.2) is 8.42 Å². The number of anilines is 2. The molecule has 0 unspecified atom stereocenters. The molecule has 3 rings (SSSR count). The Morgan fingerprint density at radius 1 is 1.03 bits per heavy atom. The Labute approximate surface area is 180 Å². The molecule has 0 fully saturated rings. The Kier molecular flexibility index (Phi) is 6.52. The van der Waals surface area contributed by atoms with E-state index in [1.807, 2.05) is 50.2 Å². The van der Waals surface area contributed by atoms with E-state index < -0.39 is 22.0 Å². The summed E-state index contributed by atoms with van der Waals surface area (Å²) in [5.74, 6) is -0.449. The lowest BCUT2D eigenvalue weighted by atomic mass is 10.1. The summed E-state index contributed by atoms with van der Waals surface area (Å²) < 4.78 is 26.2. The maximum Gasteiger partial charge on any atom is 0.250 e. The van der Waals surface area contributed by atoms with Crippen molar-refractivity contribution in [1.82, 2.24) is 10.2 Å². The number of sulfonamides is 1. The Bertz CT molecular complexity index is 1120. The van der Waals surface area contributed by atoms with Crippen molar-refractivity contribution in [3.8, 4) is 10.6 Å². The van der Waals surface area contributed by atoms with Gasteiger partial charge in [-0.05, 0) is 32.4 Å². The van der Waals surface area contributed by atoms with Gasteiger partial charge in [0.2, 0.25) is 21.1 Å². The summed E-state index contributed by atoms with van der Waals surface area (Å²) >= 11 is 1.24. The van der Waals surface area contributed by atoms with Crippen LogP contribution in [0.2, 0.25) is 0 Å². The second kappa shape index (κ2) is 8.93. The van der Waals surface area contributed by atoms with E-state index in [1.165, 1.54) is 11.3 Å². The molecule has 158 valence electrons. The van der Waals surface area contributed by atoms with E-state index in [0.29, 0.717) is 22.2 Å². The van der Waals surface area contributed by atoms with Crippen LogP contribution in [-0.4, -0.2) is 36.8 Å². The lowest BCUT2D eigenvalue weighted by Gasteiger charge is -2.29. The number of aromatic nitrogens is 2. The number of benzene rings is 2. The molecule has 0 radical (unpaired) electrons. The summed E-state index contributed by atoms with van der Waals surface area (Å²) in [6, 6.07) is 14.0. The number of rotatable bonds is 7. The van der Waals surface area contributed by atoms with Crippen molar-refractivity contribution in [2.45, 2.75) is 33.2 Å². The molecule has 30 heavy (non-hydrogen) atoms. The Balaban J connectivity index is 1.84. The number of nitrogens with one attached hydrogen (secondary N) is 1. The fourth-order valence-corrected chi connectivity index (χ4v) is 4.99. The number of nitrogens with zero attached hydrogens (tertiary/aromatic N) is 3. The smallest absolute Gasteiger partial charge is 0.250 e. The number of hydrogen-bond acceptors (Lipinski definition) is 6. The van der Waals surface area contributed by atoms with Gasteiger partial charge < -0.3 is 0 Å². The zero-order valence-electron chi connectivity index (χ0n) is 17.3. The summed E-state index contributed by atoms with van der Waals surface area (Å²) in [5, 5.41) is 11.9. The van der Waals surface area contributed by atoms with Gasteiger partial charge in [-0.1, -0.05) is 65.8 Å². The van der Waals surface area contributed by atoms with Crippen molar-refractivity contribution in [3.63, 3.8) is 0 Å². The van der Waals surface area contributed by atoms with E-state index >= 15 is 0 Å². The third kappa shape index (κ3) is 5.03. The molecular formula is C21H24N4O3S2. The second-order valence-corrected chi connectivity index (χ2v) is 9.92. The summed E-state index contributed by atoms with van der Waals surface area (Å²) in [5.41, 5.74) is 3.49.